The van der Waals surface area contributed by atoms with E-state index in [2.05, 4.69) is 4.98 Å². The summed E-state index contributed by atoms with van der Waals surface area (Å²) in [6, 6.07) is 0.406. The zero-order valence-electron chi connectivity index (χ0n) is 7.92. The molecule has 1 aromatic rings. The van der Waals surface area contributed by atoms with Gasteiger partial charge in [0.1, 0.15) is 5.82 Å². The Morgan fingerprint density at radius 3 is 2.29 bits per heavy atom. The first-order chi connectivity index (χ1) is 7.64. The zero-order chi connectivity index (χ0) is 13.4. The van der Waals surface area contributed by atoms with E-state index in [0.29, 0.717) is 6.07 Å². The third-order valence-electron chi connectivity index (χ3n) is 1.79. The molecule has 0 bridgehead atoms. The second-order valence-electron chi connectivity index (χ2n) is 2.96. The Labute approximate surface area is 90.9 Å². The fourth-order valence-corrected chi connectivity index (χ4v) is 1.19. The Kier molecular flexibility index (Phi) is 3.21. The highest BCUT2D eigenvalue weighted by atomic mass is 19.4. The summed E-state index contributed by atoms with van der Waals surface area (Å²) in [4.78, 5) is 13.3. The van der Waals surface area contributed by atoms with Crippen LogP contribution in [0, 0.1) is 0 Å². The van der Waals surface area contributed by atoms with Crippen LogP contribution in [0.15, 0.2) is 6.07 Å². The Bertz CT molecular complexity index is 458. The monoisotopic (exact) mass is 256 g/mol. The van der Waals surface area contributed by atoms with E-state index < -0.39 is 41.2 Å². The molecule has 1 aromatic heterocycles. The van der Waals surface area contributed by atoms with Gasteiger partial charge in [-0.1, -0.05) is 0 Å². The van der Waals surface area contributed by atoms with Crippen molar-refractivity contribution in [3.63, 3.8) is 0 Å². The number of carbonyl (C=O) groups is 1. The number of carboxylic acid groups (broad SMARTS) is 1. The van der Waals surface area contributed by atoms with Crippen molar-refractivity contribution in [2.75, 3.05) is 5.73 Å². The molecule has 1 rings (SSSR count). The van der Waals surface area contributed by atoms with Crippen LogP contribution in [-0.2, 0) is 6.18 Å². The third-order valence-corrected chi connectivity index (χ3v) is 1.79. The van der Waals surface area contributed by atoms with Crippen LogP contribution in [0.5, 0.6) is 0 Å². The predicted molar refractivity (Wildman–Crippen MR) is 45.6 cm³/mol. The lowest BCUT2D eigenvalue weighted by atomic mass is 10.1. The highest BCUT2D eigenvalue weighted by Gasteiger charge is 2.40. The number of nitrogens with zero attached hydrogens (tertiary/aromatic N) is 1. The summed E-state index contributed by atoms with van der Waals surface area (Å²) >= 11 is 0. The number of aromatic nitrogens is 1. The van der Waals surface area contributed by atoms with Gasteiger partial charge in [-0.25, -0.2) is 18.6 Å². The minimum Gasteiger partial charge on any atom is -0.478 e. The van der Waals surface area contributed by atoms with Crippen LogP contribution >= 0.6 is 0 Å². The summed E-state index contributed by atoms with van der Waals surface area (Å²) < 4.78 is 62.1. The number of alkyl halides is 5. The smallest absolute Gasteiger partial charge is 0.434 e. The second kappa shape index (κ2) is 4.15. The predicted octanol–water partition coefficient (Wildman–Crippen LogP) is 2.32. The summed E-state index contributed by atoms with van der Waals surface area (Å²) in [6.45, 7) is 0. The summed E-state index contributed by atoms with van der Waals surface area (Å²) in [5.74, 6) is -2.96. The van der Waals surface area contributed by atoms with Crippen LogP contribution in [0.4, 0.5) is 27.8 Å². The fourth-order valence-electron chi connectivity index (χ4n) is 1.19. The number of hydrogen-bond acceptors (Lipinski definition) is 3. The summed E-state index contributed by atoms with van der Waals surface area (Å²) in [6.07, 6.45) is -8.57. The van der Waals surface area contributed by atoms with Gasteiger partial charge in [-0.3, -0.25) is 0 Å². The van der Waals surface area contributed by atoms with E-state index >= 15 is 0 Å². The normalized spacial score (nSPS) is 11.9. The van der Waals surface area contributed by atoms with Gasteiger partial charge < -0.3 is 10.8 Å². The molecule has 0 aliphatic carbocycles. The number of nitrogen functional groups attached to an aromatic ring is 1. The lowest BCUT2D eigenvalue weighted by molar-refractivity contribution is -0.141. The van der Waals surface area contributed by atoms with E-state index in [4.69, 9.17) is 10.8 Å². The first-order valence-electron chi connectivity index (χ1n) is 4.03. The van der Waals surface area contributed by atoms with Crippen molar-refractivity contribution < 1.29 is 31.9 Å². The molecule has 0 atom stereocenters. The molecule has 94 valence electrons. The number of hydrogen-bond donors (Lipinski definition) is 2. The highest BCUT2D eigenvalue weighted by molar-refractivity contribution is 5.91. The Hall–Kier alpha value is -1.93. The van der Waals surface area contributed by atoms with Crippen LogP contribution in [0.3, 0.4) is 0 Å². The van der Waals surface area contributed by atoms with Crippen molar-refractivity contribution in [3.8, 4) is 0 Å². The largest absolute Gasteiger partial charge is 0.478 e. The maximum absolute atomic E-state index is 12.4. The van der Waals surface area contributed by atoms with Crippen LogP contribution in [0.1, 0.15) is 28.0 Å². The maximum atomic E-state index is 12.4. The number of nitrogens with two attached hydrogens (primary N) is 1. The molecule has 0 radical (unpaired) electrons. The van der Waals surface area contributed by atoms with E-state index in [1.54, 1.807) is 0 Å². The first-order valence-corrected chi connectivity index (χ1v) is 4.03. The topological polar surface area (TPSA) is 76.2 Å². The van der Waals surface area contributed by atoms with Gasteiger partial charge in [0.15, 0.2) is 5.69 Å². The molecule has 0 amide bonds. The fraction of sp³-hybridized carbons (Fsp3) is 0.250. The number of aromatic carboxylic acids is 1. The molecule has 1 heterocycles. The Morgan fingerprint density at radius 2 is 1.94 bits per heavy atom. The minimum absolute atomic E-state index is 0.406. The molecule has 9 heteroatoms. The molecular weight excluding hydrogens is 251 g/mol. The van der Waals surface area contributed by atoms with E-state index in [1.807, 2.05) is 0 Å². The van der Waals surface area contributed by atoms with E-state index in [-0.39, 0.29) is 0 Å². The molecule has 0 aromatic carbocycles. The van der Waals surface area contributed by atoms with Crippen LogP contribution < -0.4 is 5.73 Å². The van der Waals surface area contributed by atoms with E-state index in [0.717, 1.165) is 0 Å². The van der Waals surface area contributed by atoms with Crippen LogP contribution in [0.25, 0.3) is 0 Å². The van der Waals surface area contributed by atoms with Crippen molar-refractivity contribution in [2.45, 2.75) is 12.6 Å². The zero-order valence-corrected chi connectivity index (χ0v) is 7.92. The third kappa shape index (κ3) is 2.60. The van der Waals surface area contributed by atoms with Gasteiger partial charge >= 0.3 is 12.1 Å². The Balaban J connectivity index is 3.64. The average molecular weight is 256 g/mol. The van der Waals surface area contributed by atoms with Crippen LogP contribution in [-0.4, -0.2) is 16.1 Å². The summed E-state index contributed by atoms with van der Waals surface area (Å²) in [5.41, 5.74) is 0.105. The van der Waals surface area contributed by atoms with Crippen molar-refractivity contribution in [3.05, 3.63) is 22.9 Å². The number of anilines is 1. The van der Waals surface area contributed by atoms with Gasteiger partial charge in [0.25, 0.3) is 6.43 Å². The number of rotatable bonds is 2. The molecule has 0 saturated heterocycles. The molecule has 0 spiro atoms. The lowest BCUT2D eigenvalue weighted by Crippen LogP contribution is -2.19. The second-order valence-corrected chi connectivity index (χ2v) is 2.96. The van der Waals surface area contributed by atoms with Crippen molar-refractivity contribution >= 4 is 11.8 Å². The van der Waals surface area contributed by atoms with Gasteiger partial charge in [-0.05, 0) is 6.07 Å². The van der Waals surface area contributed by atoms with Gasteiger partial charge in [-0.2, -0.15) is 13.2 Å². The minimum atomic E-state index is -5.17. The van der Waals surface area contributed by atoms with Gasteiger partial charge in [0.2, 0.25) is 0 Å². The first kappa shape index (κ1) is 13.1. The SMILES string of the molecule is Nc1cc(C(F)F)c(C(=O)O)c(C(F)(F)F)n1. The number of carboxylic acids is 1. The van der Waals surface area contributed by atoms with Gasteiger partial charge in [-0.15, -0.1) is 0 Å². The van der Waals surface area contributed by atoms with Crippen molar-refractivity contribution in [1.82, 2.24) is 4.98 Å². The number of halogens is 5. The van der Waals surface area contributed by atoms with Crippen molar-refractivity contribution in [2.24, 2.45) is 0 Å². The molecule has 0 aliphatic rings. The average Bonchev–Trinajstić information content (AvgIpc) is 2.14. The van der Waals surface area contributed by atoms with Crippen molar-refractivity contribution in [1.29, 1.82) is 0 Å². The van der Waals surface area contributed by atoms with Gasteiger partial charge in [0.05, 0.1) is 5.56 Å². The highest BCUT2D eigenvalue weighted by Crippen LogP contribution is 2.35. The van der Waals surface area contributed by atoms with E-state index in [9.17, 15) is 26.7 Å². The molecule has 0 unspecified atom stereocenters. The molecular formula is C8H5F5N2O2. The van der Waals surface area contributed by atoms with E-state index in [1.165, 1.54) is 0 Å². The van der Waals surface area contributed by atoms with Crippen LogP contribution in [0.2, 0.25) is 0 Å². The number of pyridine rings is 1. The molecule has 0 fully saturated rings. The summed E-state index contributed by atoms with van der Waals surface area (Å²) in [7, 11) is 0. The summed E-state index contributed by atoms with van der Waals surface area (Å²) in [5, 5.41) is 8.54. The van der Waals surface area contributed by atoms with Gasteiger partial charge in [0, 0.05) is 5.56 Å². The standard InChI is InChI=1S/C8H5F5N2O2/c9-6(10)2-1-3(14)15-5(8(11,12)13)4(2)7(16)17/h1,6H,(H2,14,15)(H,16,17). The molecule has 0 aliphatic heterocycles. The molecule has 17 heavy (non-hydrogen) atoms. The molecule has 0 saturated carbocycles. The maximum Gasteiger partial charge on any atom is 0.434 e. The Morgan fingerprint density at radius 1 is 1.41 bits per heavy atom. The quantitative estimate of drug-likeness (QED) is 0.796. The molecule has 4 nitrogen and oxygen atoms in total. The molecule has 3 N–H and O–H groups in total. The lowest BCUT2D eigenvalue weighted by Gasteiger charge is -2.13.